The molecule has 0 aliphatic heterocycles. The van der Waals surface area contributed by atoms with Gasteiger partial charge in [0, 0.05) is 17.6 Å². The number of anilines is 1. The highest BCUT2D eigenvalue weighted by molar-refractivity contribution is 7.88. The molecule has 1 amide bonds. The minimum absolute atomic E-state index is 0. The van der Waals surface area contributed by atoms with Gasteiger partial charge in [-0.1, -0.05) is 12.1 Å². The van der Waals surface area contributed by atoms with Gasteiger partial charge in [0.05, 0.1) is 5.75 Å². The van der Waals surface area contributed by atoms with Crippen molar-refractivity contribution in [3.63, 3.8) is 0 Å². The number of benzene rings is 1. The van der Waals surface area contributed by atoms with Crippen LogP contribution in [-0.4, -0.2) is 20.4 Å². The van der Waals surface area contributed by atoms with Crippen molar-refractivity contribution in [1.29, 1.82) is 0 Å². The number of halogens is 1. The van der Waals surface area contributed by atoms with Crippen LogP contribution in [-0.2, 0) is 20.6 Å². The second kappa shape index (κ2) is 7.22. The van der Waals surface area contributed by atoms with E-state index in [4.69, 9.17) is 10.9 Å². The van der Waals surface area contributed by atoms with Gasteiger partial charge in [-0.05, 0) is 37.0 Å². The molecule has 0 saturated heterocycles. The molecular weight excluding hydrogens is 314 g/mol. The van der Waals surface area contributed by atoms with Gasteiger partial charge in [-0.2, -0.15) is 0 Å². The van der Waals surface area contributed by atoms with Gasteiger partial charge >= 0.3 is 0 Å². The van der Waals surface area contributed by atoms with E-state index in [1.807, 2.05) is 0 Å². The average Bonchev–Trinajstić information content (AvgIpc) is 2.77. The summed E-state index contributed by atoms with van der Waals surface area (Å²) in [5, 5.41) is 7.79. The van der Waals surface area contributed by atoms with Crippen LogP contribution in [0.4, 0.5) is 5.69 Å². The minimum atomic E-state index is -3.53. The molecule has 0 spiro atoms. The molecule has 8 heteroatoms. The first-order valence-corrected chi connectivity index (χ1v) is 8.21. The van der Waals surface area contributed by atoms with Crippen molar-refractivity contribution in [2.75, 3.05) is 5.32 Å². The second-order valence-corrected chi connectivity index (χ2v) is 6.88. The maximum atomic E-state index is 12.0. The molecule has 2 unspecified atom stereocenters. The zero-order valence-corrected chi connectivity index (χ0v) is 13.1. The summed E-state index contributed by atoms with van der Waals surface area (Å²) in [6.07, 6.45) is 2.41. The fraction of sp³-hybridized carbons (Fsp3) is 0.462. The molecule has 0 radical (unpaired) electrons. The smallest absolute Gasteiger partial charge is 0.227 e. The molecule has 1 aromatic rings. The van der Waals surface area contributed by atoms with Crippen LogP contribution in [0.15, 0.2) is 24.3 Å². The monoisotopic (exact) mass is 333 g/mol. The Morgan fingerprint density at radius 1 is 1.24 bits per heavy atom. The molecule has 1 saturated carbocycles. The maximum Gasteiger partial charge on any atom is 0.227 e. The fourth-order valence-electron chi connectivity index (χ4n) is 2.42. The summed E-state index contributed by atoms with van der Waals surface area (Å²) in [5.74, 6) is -0.273. The van der Waals surface area contributed by atoms with Crippen molar-refractivity contribution < 1.29 is 13.2 Å². The molecule has 5 N–H and O–H groups in total. The highest BCUT2D eigenvalue weighted by Gasteiger charge is 2.27. The molecule has 0 heterocycles. The van der Waals surface area contributed by atoms with E-state index >= 15 is 0 Å². The van der Waals surface area contributed by atoms with Crippen molar-refractivity contribution in [2.45, 2.75) is 31.1 Å². The van der Waals surface area contributed by atoms with Crippen LogP contribution in [0.1, 0.15) is 24.8 Å². The van der Waals surface area contributed by atoms with Crippen LogP contribution < -0.4 is 16.2 Å². The summed E-state index contributed by atoms with van der Waals surface area (Å²) in [4.78, 5) is 12.0. The molecule has 118 valence electrons. The molecule has 0 bridgehead atoms. The molecule has 2 rings (SSSR count). The first kappa shape index (κ1) is 17.9. The van der Waals surface area contributed by atoms with Crippen LogP contribution in [0.5, 0.6) is 0 Å². The summed E-state index contributed by atoms with van der Waals surface area (Å²) in [7, 11) is -3.53. The van der Waals surface area contributed by atoms with Gasteiger partial charge in [0.1, 0.15) is 0 Å². The van der Waals surface area contributed by atoms with Gasteiger partial charge in [0.2, 0.25) is 15.9 Å². The first-order valence-electron chi connectivity index (χ1n) is 6.49. The Morgan fingerprint density at radius 2 is 1.86 bits per heavy atom. The third-order valence-corrected chi connectivity index (χ3v) is 4.17. The van der Waals surface area contributed by atoms with Crippen LogP contribution in [0, 0.1) is 5.92 Å². The number of sulfonamides is 1. The summed E-state index contributed by atoms with van der Waals surface area (Å²) >= 11 is 0. The van der Waals surface area contributed by atoms with E-state index in [0.717, 1.165) is 19.3 Å². The number of hydrogen-bond acceptors (Lipinski definition) is 4. The number of rotatable bonds is 4. The molecular formula is C13H20ClN3O3S. The highest BCUT2D eigenvalue weighted by Crippen LogP contribution is 2.25. The maximum absolute atomic E-state index is 12.0. The minimum Gasteiger partial charge on any atom is -0.328 e. The number of hydrogen-bond donors (Lipinski definition) is 3. The molecule has 2 atom stereocenters. The highest BCUT2D eigenvalue weighted by atomic mass is 35.5. The Hall–Kier alpha value is -1.15. The summed E-state index contributed by atoms with van der Waals surface area (Å²) in [6.45, 7) is 0. The zero-order valence-electron chi connectivity index (χ0n) is 11.5. The number of nitrogens with one attached hydrogen (secondary N) is 1. The van der Waals surface area contributed by atoms with E-state index in [1.54, 1.807) is 24.3 Å². The lowest BCUT2D eigenvalue weighted by molar-refractivity contribution is -0.119. The quantitative estimate of drug-likeness (QED) is 0.761. The number of primary sulfonamides is 1. The lowest BCUT2D eigenvalue weighted by atomic mass is 10.1. The first-order chi connectivity index (χ1) is 9.33. The van der Waals surface area contributed by atoms with Crippen LogP contribution >= 0.6 is 12.4 Å². The van der Waals surface area contributed by atoms with Crippen molar-refractivity contribution in [2.24, 2.45) is 16.8 Å². The summed E-state index contributed by atoms with van der Waals surface area (Å²) in [5.41, 5.74) is 7.02. The lowest BCUT2D eigenvalue weighted by Crippen LogP contribution is -2.23. The Kier molecular flexibility index (Phi) is 6.15. The third-order valence-electron chi connectivity index (χ3n) is 3.43. The number of carbonyl (C=O) groups excluding carboxylic acids is 1. The van der Waals surface area contributed by atoms with Crippen molar-refractivity contribution in [3.8, 4) is 0 Å². The second-order valence-electron chi connectivity index (χ2n) is 5.26. The molecule has 1 fully saturated rings. The van der Waals surface area contributed by atoms with Gasteiger partial charge in [-0.25, -0.2) is 13.6 Å². The van der Waals surface area contributed by atoms with E-state index in [1.165, 1.54) is 0 Å². The summed E-state index contributed by atoms with van der Waals surface area (Å²) < 4.78 is 21.9. The Bertz CT molecular complexity index is 589. The van der Waals surface area contributed by atoms with Gasteiger partial charge in [-0.3, -0.25) is 4.79 Å². The van der Waals surface area contributed by atoms with Gasteiger partial charge in [0.25, 0.3) is 0 Å². The molecule has 1 aromatic carbocycles. The fourth-order valence-corrected chi connectivity index (χ4v) is 3.07. The molecule has 0 aromatic heterocycles. The van der Waals surface area contributed by atoms with Gasteiger partial charge in [0.15, 0.2) is 0 Å². The van der Waals surface area contributed by atoms with Crippen LogP contribution in [0.3, 0.4) is 0 Å². The van der Waals surface area contributed by atoms with Crippen molar-refractivity contribution in [3.05, 3.63) is 29.8 Å². The van der Waals surface area contributed by atoms with E-state index in [2.05, 4.69) is 5.32 Å². The lowest BCUT2D eigenvalue weighted by Gasteiger charge is -2.11. The van der Waals surface area contributed by atoms with Gasteiger partial charge in [-0.15, -0.1) is 12.4 Å². The SMILES string of the molecule is Cl.NC1CCC(C(=O)Nc2ccc(CS(N)(=O)=O)cc2)C1. The summed E-state index contributed by atoms with van der Waals surface area (Å²) in [6, 6.07) is 6.74. The van der Waals surface area contributed by atoms with Crippen molar-refractivity contribution in [1.82, 2.24) is 0 Å². The average molecular weight is 334 g/mol. The largest absolute Gasteiger partial charge is 0.328 e. The molecule has 1 aliphatic carbocycles. The molecule has 1 aliphatic rings. The zero-order chi connectivity index (χ0) is 14.8. The number of carbonyl (C=O) groups is 1. The normalized spacial score (nSPS) is 21.6. The standard InChI is InChI=1S/C13H19N3O3S.ClH/c14-11-4-3-10(7-11)13(17)16-12-5-1-9(2-6-12)8-20(15,18)19;/h1-2,5-6,10-11H,3-4,7-8,14H2,(H,16,17)(H2,15,18,19);1H. The predicted molar refractivity (Wildman–Crippen MR) is 84.4 cm³/mol. The van der Waals surface area contributed by atoms with Crippen LogP contribution in [0.25, 0.3) is 0 Å². The van der Waals surface area contributed by atoms with Crippen LogP contribution in [0.2, 0.25) is 0 Å². The molecule has 6 nitrogen and oxygen atoms in total. The Balaban J connectivity index is 0.00000220. The Morgan fingerprint density at radius 3 is 2.33 bits per heavy atom. The van der Waals surface area contributed by atoms with Gasteiger partial charge < -0.3 is 11.1 Å². The van der Waals surface area contributed by atoms with E-state index < -0.39 is 10.0 Å². The van der Waals surface area contributed by atoms with E-state index in [-0.39, 0.29) is 36.0 Å². The van der Waals surface area contributed by atoms with E-state index in [9.17, 15) is 13.2 Å². The Labute approximate surface area is 130 Å². The number of amides is 1. The number of nitrogens with two attached hydrogens (primary N) is 2. The van der Waals surface area contributed by atoms with Crippen molar-refractivity contribution >= 4 is 34.0 Å². The topological polar surface area (TPSA) is 115 Å². The molecule has 21 heavy (non-hydrogen) atoms. The third kappa shape index (κ3) is 5.62. The van der Waals surface area contributed by atoms with E-state index in [0.29, 0.717) is 11.3 Å². The predicted octanol–water partition coefficient (Wildman–Crippen LogP) is 0.963.